The van der Waals surface area contributed by atoms with Crippen LogP contribution in [-0.4, -0.2) is 22.3 Å². The van der Waals surface area contributed by atoms with Crippen LogP contribution in [0.15, 0.2) is 71.9 Å². The van der Waals surface area contributed by atoms with E-state index in [0.29, 0.717) is 27.5 Å². The number of methoxy groups -OCH3 is 1. The highest BCUT2D eigenvalue weighted by atomic mass is 35.5. The zero-order valence-corrected chi connectivity index (χ0v) is 19.7. The van der Waals surface area contributed by atoms with Crippen LogP contribution in [-0.2, 0) is 5.75 Å². The molecule has 166 valence electrons. The van der Waals surface area contributed by atoms with Gasteiger partial charge < -0.3 is 14.8 Å². The smallest absolute Gasteiger partial charge is 0.247 e. The fraction of sp³-hybridized carbons (Fsp3) is 0.160. The summed E-state index contributed by atoms with van der Waals surface area (Å²) in [6.07, 6.45) is -0.442. The summed E-state index contributed by atoms with van der Waals surface area (Å²) in [6.45, 7) is 2.01. The van der Waals surface area contributed by atoms with Crippen LogP contribution in [0.1, 0.15) is 22.9 Å². The lowest BCUT2D eigenvalue weighted by Crippen LogP contribution is -2.17. The highest BCUT2D eigenvalue weighted by Crippen LogP contribution is 2.40. The van der Waals surface area contributed by atoms with Crippen molar-refractivity contribution in [3.8, 4) is 22.9 Å². The molecule has 0 fully saturated rings. The predicted octanol–water partition coefficient (Wildman–Crippen LogP) is 6.30. The van der Waals surface area contributed by atoms with Crippen molar-refractivity contribution < 1.29 is 9.47 Å². The van der Waals surface area contributed by atoms with Gasteiger partial charge in [0, 0.05) is 27.6 Å². The van der Waals surface area contributed by atoms with E-state index in [4.69, 9.17) is 26.1 Å². The Morgan fingerprint density at radius 3 is 2.67 bits per heavy atom. The van der Waals surface area contributed by atoms with Crippen LogP contribution in [0, 0.1) is 6.92 Å². The minimum Gasteiger partial charge on any atom is -0.496 e. The molecule has 3 aromatic carbocycles. The van der Waals surface area contributed by atoms with Gasteiger partial charge in [0.15, 0.2) is 11.9 Å². The summed E-state index contributed by atoms with van der Waals surface area (Å²) in [5, 5.41) is 13.6. The van der Waals surface area contributed by atoms with E-state index in [-0.39, 0.29) is 0 Å². The van der Waals surface area contributed by atoms with Gasteiger partial charge in [0.1, 0.15) is 5.75 Å². The normalized spacial score (nSPS) is 14.3. The first-order valence-corrected chi connectivity index (χ1v) is 11.8. The lowest BCUT2D eigenvalue weighted by molar-refractivity contribution is 0.225. The molecule has 1 aliphatic heterocycles. The van der Waals surface area contributed by atoms with Crippen LogP contribution >= 0.6 is 23.4 Å². The zero-order chi connectivity index (χ0) is 22.8. The number of benzene rings is 3. The maximum Gasteiger partial charge on any atom is 0.247 e. The largest absolute Gasteiger partial charge is 0.496 e. The number of thioether (sulfide) groups is 1. The van der Waals surface area contributed by atoms with Gasteiger partial charge in [-0.05, 0) is 54.4 Å². The summed E-state index contributed by atoms with van der Waals surface area (Å²) in [7, 11) is 1.67. The molecule has 1 atom stereocenters. The number of aromatic nitrogens is 3. The van der Waals surface area contributed by atoms with Crippen LogP contribution in [0.2, 0.25) is 5.02 Å². The minimum absolute atomic E-state index is 0.442. The Balaban J connectivity index is 1.48. The summed E-state index contributed by atoms with van der Waals surface area (Å²) in [4.78, 5) is 4.71. The van der Waals surface area contributed by atoms with E-state index < -0.39 is 6.23 Å². The number of halogens is 1. The first-order valence-electron chi connectivity index (χ1n) is 10.4. The maximum absolute atomic E-state index is 6.37. The second-order valence-corrected chi connectivity index (χ2v) is 8.96. The van der Waals surface area contributed by atoms with Gasteiger partial charge in [-0.1, -0.05) is 53.7 Å². The number of anilines is 1. The van der Waals surface area contributed by atoms with E-state index in [2.05, 4.69) is 21.6 Å². The van der Waals surface area contributed by atoms with Crippen molar-refractivity contribution in [3.63, 3.8) is 0 Å². The summed E-state index contributed by atoms with van der Waals surface area (Å²) < 4.78 is 11.8. The molecule has 2 heterocycles. The molecule has 4 aromatic rings. The lowest BCUT2D eigenvalue weighted by Gasteiger charge is -2.20. The fourth-order valence-electron chi connectivity index (χ4n) is 3.65. The van der Waals surface area contributed by atoms with Crippen molar-refractivity contribution >= 4 is 29.1 Å². The molecule has 33 heavy (non-hydrogen) atoms. The van der Waals surface area contributed by atoms with Crippen molar-refractivity contribution in [2.75, 3.05) is 12.4 Å². The third-order valence-electron chi connectivity index (χ3n) is 5.34. The quantitative estimate of drug-likeness (QED) is 0.339. The maximum atomic E-state index is 6.37. The van der Waals surface area contributed by atoms with E-state index in [1.807, 2.05) is 67.6 Å². The molecular formula is C25H21ClN4O2S. The molecule has 0 amide bonds. The average molecular weight is 477 g/mol. The topological polar surface area (TPSA) is 69.2 Å². The molecular weight excluding hydrogens is 456 g/mol. The molecule has 1 aromatic heterocycles. The van der Waals surface area contributed by atoms with Crippen molar-refractivity contribution in [1.29, 1.82) is 0 Å². The monoisotopic (exact) mass is 476 g/mol. The number of aryl methyl sites for hydroxylation is 1. The Bertz CT molecular complexity index is 1300. The van der Waals surface area contributed by atoms with Crippen LogP contribution in [0.25, 0.3) is 11.3 Å². The number of fused-ring (bicyclic) bond motifs is 3. The molecule has 6 nitrogen and oxygen atoms in total. The third kappa shape index (κ3) is 4.60. The van der Waals surface area contributed by atoms with Crippen molar-refractivity contribution in [1.82, 2.24) is 15.2 Å². The first kappa shape index (κ1) is 21.6. The lowest BCUT2D eigenvalue weighted by atomic mass is 10.1. The van der Waals surface area contributed by atoms with Crippen molar-refractivity contribution in [2.24, 2.45) is 0 Å². The summed E-state index contributed by atoms with van der Waals surface area (Å²) in [5.41, 5.74) is 5.54. The number of ether oxygens (including phenoxy) is 2. The molecule has 0 unspecified atom stereocenters. The Morgan fingerprint density at radius 1 is 1.06 bits per heavy atom. The molecule has 8 heteroatoms. The van der Waals surface area contributed by atoms with Gasteiger partial charge in [0.25, 0.3) is 0 Å². The van der Waals surface area contributed by atoms with Gasteiger partial charge in [-0.25, -0.2) is 0 Å². The number of nitrogens with one attached hydrogen (secondary N) is 1. The molecule has 1 aliphatic rings. The number of hydrogen-bond donors (Lipinski definition) is 1. The van der Waals surface area contributed by atoms with Gasteiger partial charge in [-0.3, -0.25) is 0 Å². The molecule has 0 bridgehead atoms. The molecule has 1 N–H and O–H groups in total. The van der Waals surface area contributed by atoms with Crippen LogP contribution in [0.3, 0.4) is 0 Å². The van der Waals surface area contributed by atoms with Gasteiger partial charge in [-0.2, -0.15) is 4.98 Å². The average Bonchev–Trinajstić information content (AvgIpc) is 3.00. The Kier molecular flexibility index (Phi) is 6.07. The zero-order valence-electron chi connectivity index (χ0n) is 18.1. The molecule has 5 rings (SSSR count). The second-order valence-electron chi connectivity index (χ2n) is 7.58. The molecule has 0 saturated heterocycles. The fourth-order valence-corrected chi connectivity index (χ4v) is 4.51. The van der Waals surface area contributed by atoms with E-state index in [9.17, 15) is 0 Å². The van der Waals surface area contributed by atoms with Gasteiger partial charge >= 0.3 is 0 Å². The van der Waals surface area contributed by atoms with E-state index in [0.717, 1.165) is 33.7 Å². The van der Waals surface area contributed by atoms with Crippen molar-refractivity contribution in [3.05, 3.63) is 88.4 Å². The molecule has 0 radical (unpaired) electrons. The Morgan fingerprint density at radius 2 is 1.88 bits per heavy atom. The second kappa shape index (κ2) is 9.29. The van der Waals surface area contributed by atoms with Gasteiger partial charge in [0.05, 0.1) is 7.11 Å². The SMILES string of the molecule is COc1ccc([C@H]2Nc3ccccc3-c3nnc(SCc4ccc(Cl)cc4)nc3O2)cc1C. The molecule has 0 saturated carbocycles. The third-order valence-corrected chi connectivity index (χ3v) is 6.50. The van der Waals surface area contributed by atoms with Gasteiger partial charge in [-0.15, -0.1) is 10.2 Å². The number of para-hydroxylation sites is 1. The first-order chi connectivity index (χ1) is 16.1. The molecule has 0 aliphatic carbocycles. The standard InChI is InChI=1S/C25H21ClN4O2S/c1-15-13-17(9-12-21(15)31-2)23-27-20-6-4-3-5-19(20)22-24(32-23)28-25(30-29-22)33-14-16-7-10-18(26)11-8-16/h3-13,23,27H,14H2,1-2H3/t23-/m0/s1. The highest BCUT2D eigenvalue weighted by molar-refractivity contribution is 7.98. The van der Waals surface area contributed by atoms with E-state index >= 15 is 0 Å². The minimum atomic E-state index is -0.442. The highest BCUT2D eigenvalue weighted by Gasteiger charge is 2.26. The summed E-state index contributed by atoms with van der Waals surface area (Å²) in [5.74, 6) is 1.98. The Hall–Kier alpha value is -3.29. The summed E-state index contributed by atoms with van der Waals surface area (Å²) >= 11 is 7.48. The summed E-state index contributed by atoms with van der Waals surface area (Å²) in [6, 6.07) is 21.6. The predicted molar refractivity (Wildman–Crippen MR) is 131 cm³/mol. The van der Waals surface area contributed by atoms with E-state index in [1.165, 1.54) is 11.8 Å². The van der Waals surface area contributed by atoms with Crippen LogP contribution < -0.4 is 14.8 Å². The van der Waals surface area contributed by atoms with Crippen LogP contribution in [0.4, 0.5) is 5.69 Å². The van der Waals surface area contributed by atoms with E-state index in [1.54, 1.807) is 7.11 Å². The van der Waals surface area contributed by atoms with Crippen molar-refractivity contribution in [2.45, 2.75) is 24.1 Å². The Labute approximate surface area is 201 Å². The van der Waals surface area contributed by atoms with Crippen LogP contribution in [0.5, 0.6) is 11.6 Å². The molecule has 0 spiro atoms. The number of hydrogen-bond acceptors (Lipinski definition) is 7. The van der Waals surface area contributed by atoms with Gasteiger partial charge in [0.2, 0.25) is 11.0 Å². The number of nitrogens with zero attached hydrogens (tertiary/aromatic N) is 3. The number of rotatable bonds is 5.